The maximum atomic E-state index is 13.8. The topological polar surface area (TPSA) is 48.6 Å². The zero-order chi connectivity index (χ0) is 15.1. The third-order valence-electron chi connectivity index (χ3n) is 3.14. The molecule has 0 amide bonds. The third-order valence-corrected chi connectivity index (χ3v) is 4.30. The molecule has 108 valence electrons. The number of fused-ring (bicyclic) bond motifs is 1. The van der Waals surface area contributed by atoms with Crippen LogP contribution in [0.2, 0.25) is 0 Å². The first-order valence-corrected chi connectivity index (χ1v) is 7.19. The number of benzene rings is 2. The van der Waals surface area contributed by atoms with Crippen LogP contribution in [0, 0.1) is 11.6 Å². The summed E-state index contributed by atoms with van der Waals surface area (Å²) in [5.74, 6) is -1.38. The fraction of sp³-hybridized carbons (Fsp3) is 0.0714. The maximum absolute atomic E-state index is 13.8. The number of rotatable bonds is 2. The van der Waals surface area contributed by atoms with Crippen molar-refractivity contribution in [3.05, 3.63) is 68.1 Å². The minimum atomic E-state index is -0.817. The summed E-state index contributed by atoms with van der Waals surface area (Å²) in [6, 6.07) is 6.57. The number of aromatic amines is 2. The van der Waals surface area contributed by atoms with E-state index in [-0.39, 0.29) is 11.3 Å². The van der Waals surface area contributed by atoms with E-state index in [1.54, 1.807) is 12.1 Å². The van der Waals surface area contributed by atoms with Crippen molar-refractivity contribution in [1.29, 1.82) is 0 Å². The molecule has 21 heavy (non-hydrogen) atoms. The van der Waals surface area contributed by atoms with Crippen molar-refractivity contribution in [2.24, 2.45) is 0 Å². The Bertz CT molecular complexity index is 890. The largest absolute Gasteiger partial charge is 0.323 e. The Balaban J connectivity index is 2.14. The van der Waals surface area contributed by atoms with Crippen LogP contribution < -0.4 is 5.69 Å². The van der Waals surface area contributed by atoms with E-state index in [2.05, 4.69) is 25.9 Å². The number of imidazole rings is 1. The van der Waals surface area contributed by atoms with Crippen LogP contribution >= 0.6 is 27.5 Å². The molecule has 3 nitrogen and oxygen atoms in total. The lowest BCUT2D eigenvalue weighted by molar-refractivity contribution is 0.573. The highest BCUT2D eigenvalue weighted by Crippen LogP contribution is 2.36. The lowest BCUT2D eigenvalue weighted by Gasteiger charge is -2.13. The van der Waals surface area contributed by atoms with Gasteiger partial charge in [-0.3, -0.25) is 0 Å². The molecular weight excluding hydrogens is 366 g/mol. The highest BCUT2D eigenvalue weighted by atomic mass is 79.9. The third kappa shape index (κ3) is 2.61. The average molecular weight is 374 g/mol. The van der Waals surface area contributed by atoms with Crippen molar-refractivity contribution in [3.63, 3.8) is 0 Å². The number of H-pyrrole nitrogens is 2. The van der Waals surface area contributed by atoms with Crippen LogP contribution in [0.1, 0.15) is 16.5 Å². The van der Waals surface area contributed by atoms with Gasteiger partial charge in [-0.05, 0) is 23.8 Å². The van der Waals surface area contributed by atoms with Gasteiger partial charge >= 0.3 is 5.69 Å². The number of hydrogen-bond donors (Lipinski definition) is 2. The summed E-state index contributed by atoms with van der Waals surface area (Å²) >= 11 is 9.65. The molecule has 0 aliphatic heterocycles. The van der Waals surface area contributed by atoms with Gasteiger partial charge in [0.25, 0.3) is 0 Å². The molecule has 1 heterocycles. The number of alkyl halides is 1. The van der Waals surface area contributed by atoms with Gasteiger partial charge in [0.1, 0.15) is 11.6 Å². The minimum absolute atomic E-state index is 0.163. The first-order chi connectivity index (χ1) is 9.95. The monoisotopic (exact) mass is 372 g/mol. The molecule has 0 bridgehead atoms. The van der Waals surface area contributed by atoms with E-state index in [1.165, 1.54) is 6.07 Å². The van der Waals surface area contributed by atoms with Gasteiger partial charge in [-0.25, -0.2) is 13.6 Å². The lowest BCUT2D eigenvalue weighted by Crippen LogP contribution is -1.99. The maximum Gasteiger partial charge on any atom is 0.323 e. The summed E-state index contributed by atoms with van der Waals surface area (Å²) in [7, 11) is 0. The molecule has 1 unspecified atom stereocenters. The summed E-state index contributed by atoms with van der Waals surface area (Å²) in [4.78, 5) is 16.5. The zero-order valence-corrected chi connectivity index (χ0v) is 12.7. The van der Waals surface area contributed by atoms with Gasteiger partial charge in [0.15, 0.2) is 0 Å². The summed E-state index contributed by atoms with van der Waals surface area (Å²) in [6.07, 6.45) is 0. The normalized spacial score (nSPS) is 12.8. The molecule has 7 heteroatoms. The van der Waals surface area contributed by atoms with E-state index in [0.29, 0.717) is 21.1 Å². The molecule has 3 rings (SSSR count). The fourth-order valence-electron chi connectivity index (χ4n) is 2.14. The first kappa shape index (κ1) is 14.3. The smallest absolute Gasteiger partial charge is 0.306 e. The Morgan fingerprint density at radius 2 is 1.71 bits per heavy atom. The van der Waals surface area contributed by atoms with Crippen LogP contribution in [0.3, 0.4) is 0 Å². The summed E-state index contributed by atoms with van der Waals surface area (Å²) in [6.45, 7) is 0. The summed E-state index contributed by atoms with van der Waals surface area (Å²) in [5.41, 5.74) is 1.57. The Morgan fingerprint density at radius 3 is 2.38 bits per heavy atom. The van der Waals surface area contributed by atoms with Crippen LogP contribution in [0.4, 0.5) is 8.78 Å². The number of nitrogens with one attached hydrogen (secondary N) is 2. The molecule has 3 aromatic rings. The van der Waals surface area contributed by atoms with Crippen LogP contribution in [-0.4, -0.2) is 9.97 Å². The SMILES string of the molecule is O=c1[nH]c2cc(Br)c(C(Cl)c3ccc(F)cc3F)cc2[nH]1. The second kappa shape index (κ2) is 5.27. The standard InChI is InChI=1S/C14H8BrClF2N2O/c15-9-5-12-11(19-14(21)20-12)4-8(9)13(16)7-2-1-6(17)3-10(7)18/h1-5,13H,(H2,19,20,21). The molecule has 0 spiro atoms. The van der Waals surface area contributed by atoms with Crippen molar-refractivity contribution >= 4 is 38.6 Å². The number of hydrogen-bond acceptors (Lipinski definition) is 1. The number of halogens is 4. The highest BCUT2D eigenvalue weighted by Gasteiger charge is 2.19. The Kier molecular flexibility index (Phi) is 3.59. The molecule has 0 saturated heterocycles. The Morgan fingerprint density at radius 1 is 1.05 bits per heavy atom. The van der Waals surface area contributed by atoms with Crippen molar-refractivity contribution in [2.45, 2.75) is 5.38 Å². The van der Waals surface area contributed by atoms with Crippen molar-refractivity contribution in [3.8, 4) is 0 Å². The second-order valence-corrected chi connectivity index (χ2v) is 5.82. The molecule has 0 saturated carbocycles. The van der Waals surface area contributed by atoms with E-state index >= 15 is 0 Å². The quantitative estimate of drug-likeness (QED) is 0.649. The molecule has 2 N–H and O–H groups in total. The van der Waals surface area contributed by atoms with Crippen LogP contribution in [0.15, 0.2) is 39.6 Å². The molecular formula is C14H8BrClF2N2O. The van der Waals surface area contributed by atoms with Gasteiger partial charge in [-0.1, -0.05) is 22.0 Å². The predicted molar refractivity (Wildman–Crippen MR) is 80.7 cm³/mol. The van der Waals surface area contributed by atoms with Gasteiger partial charge < -0.3 is 9.97 Å². The molecule has 0 aliphatic rings. The van der Waals surface area contributed by atoms with E-state index in [0.717, 1.165) is 12.1 Å². The second-order valence-electron chi connectivity index (χ2n) is 4.53. The average Bonchev–Trinajstić information content (AvgIpc) is 2.76. The van der Waals surface area contributed by atoms with Gasteiger partial charge in [-0.2, -0.15) is 0 Å². The van der Waals surface area contributed by atoms with Crippen LogP contribution in [0.5, 0.6) is 0 Å². The lowest BCUT2D eigenvalue weighted by atomic mass is 10.0. The first-order valence-electron chi connectivity index (χ1n) is 5.96. The molecule has 0 fully saturated rings. The molecule has 1 atom stereocenters. The Hall–Kier alpha value is -1.66. The summed E-state index contributed by atoms with van der Waals surface area (Å²) in [5, 5.41) is -0.817. The minimum Gasteiger partial charge on any atom is -0.306 e. The van der Waals surface area contributed by atoms with Crippen molar-refractivity contribution < 1.29 is 8.78 Å². The van der Waals surface area contributed by atoms with E-state index in [9.17, 15) is 13.6 Å². The molecule has 0 radical (unpaired) electrons. The van der Waals surface area contributed by atoms with Gasteiger partial charge in [0.2, 0.25) is 0 Å². The highest BCUT2D eigenvalue weighted by molar-refractivity contribution is 9.10. The van der Waals surface area contributed by atoms with Crippen LogP contribution in [-0.2, 0) is 0 Å². The van der Waals surface area contributed by atoms with Crippen molar-refractivity contribution in [1.82, 2.24) is 9.97 Å². The molecule has 0 aliphatic carbocycles. The predicted octanol–water partition coefficient (Wildman–Crippen LogP) is 4.23. The van der Waals surface area contributed by atoms with Gasteiger partial charge in [0, 0.05) is 16.1 Å². The summed E-state index contributed by atoms with van der Waals surface area (Å²) < 4.78 is 27.4. The van der Waals surface area contributed by atoms with Crippen LogP contribution in [0.25, 0.3) is 11.0 Å². The van der Waals surface area contributed by atoms with E-state index in [1.807, 2.05) is 0 Å². The fourth-order valence-corrected chi connectivity index (χ4v) is 3.20. The Labute approximate surface area is 131 Å². The van der Waals surface area contributed by atoms with Gasteiger partial charge in [0.05, 0.1) is 16.4 Å². The van der Waals surface area contributed by atoms with Gasteiger partial charge in [-0.15, -0.1) is 11.6 Å². The molecule has 1 aromatic heterocycles. The number of aromatic nitrogens is 2. The van der Waals surface area contributed by atoms with E-state index < -0.39 is 17.0 Å². The van der Waals surface area contributed by atoms with E-state index in [4.69, 9.17) is 11.6 Å². The zero-order valence-electron chi connectivity index (χ0n) is 10.4. The molecule has 2 aromatic carbocycles. The van der Waals surface area contributed by atoms with Crippen molar-refractivity contribution in [2.75, 3.05) is 0 Å².